The third-order valence-corrected chi connectivity index (χ3v) is 9.43. The van der Waals surface area contributed by atoms with E-state index in [1.807, 2.05) is 24.3 Å². The van der Waals surface area contributed by atoms with E-state index in [1.54, 1.807) is 18.2 Å². The van der Waals surface area contributed by atoms with Crippen LogP contribution in [0.2, 0.25) is 5.02 Å². The Morgan fingerprint density at radius 3 is 2.28 bits per heavy atom. The average Bonchev–Trinajstić information content (AvgIpc) is 3.12. The fourth-order valence-corrected chi connectivity index (χ4v) is 7.06. The van der Waals surface area contributed by atoms with Crippen LogP contribution in [0.15, 0.2) is 47.4 Å². The monoisotopic (exact) mass is 491 g/mol. The zero-order valence-corrected chi connectivity index (χ0v) is 20.6. The Labute approximate surface area is 197 Å². The molecule has 3 aromatic rings. The third-order valence-electron chi connectivity index (χ3n) is 6.10. The van der Waals surface area contributed by atoms with Crippen LogP contribution in [-0.4, -0.2) is 36.9 Å². The van der Waals surface area contributed by atoms with Gasteiger partial charge in [-0.15, -0.1) is 11.3 Å². The van der Waals surface area contributed by atoms with Gasteiger partial charge in [0, 0.05) is 22.8 Å². The number of nitrogens with zero attached hydrogens (tertiary/aromatic N) is 1. The van der Waals surface area contributed by atoms with Crippen LogP contribution in [0.1, 0.15) is 60.3 Å². The van der Waals surface area contributed by atoms with Crippen molar-refractivity contribution in [3.8, 4) is 0 Å². The predicted octanol–water partition coefficient (Wildman–Crippen LogP) is 6.12. The van der Waals surface area contributed by atoms with Gasteiger partial charge in [-0.3, -0.25) is 0 Å². The lowest BCUT2D eigenvalue weighted by molar-refractivity contribution is 0.0700. The molecule has 1 aliphatic heterocycles. The second-order valence-electron chi connectivity index (χ2n) is 9.24. The van der Waals surface area contributed by atoms with Gasteiger partial charge < -0.3 is 5.11 Å². The lowest BCUT2D eigenvalue weighted by Gasteiger charge is -2.31. The minimum absolute atomic E-state index is 0.0250. The lowest BCUT2D eigenvalue weighted by Crippen LogP contribution is -2.38. The van der Waals surface area contributed by atoms with Crippen LogP contribution in [-0.2, 0) is 15.4 Å². The second-order valence-corrected chi connectivity index (χ2v) is 12.7. The van der Waals surface area contributed by atoms with Gasteiger partial charge in [-0.1, -0.05) is 44.5 Å². The number of halogens is 1. The first-order valence-corrected chi connectivity index (χ1v) is 13.2. The normalized spacial score (nSPS) is 16.5. The number of piperidine rings is 1. The van der Waals surface area contributed by atoms with E-state index in [0.717, 1.165) is 21.2 Å². The van der Waals surface area contributed by atoms with Crippen molar-refractivity contribution in [1.29, 1.82) is 0 Å². The maximum atomic E-state index is 13.2. The van der Waals surface area contributed by atoms with Gasteiger partial charge in [0.2, 0.25) is 10.0 Å². The van der Waals surface area contributed by atoms with Crippen molar-refractivity contribution in [2.45, 2.75) is 49.8 Å². The number of rotatable bonds is 4. The molecule has 0 atom stereocenters. The van der Waals surface area contributed by atoms with Gasteiger partial charge in [0.15, 0.2) is 0 Å². The van der Waals surface area contributed by atoms with E-state index in [1.165, 1.54) is 15.6 Å². The molecule has 0 unspecified atom stereocenters. The number of benzene rings is 2. The van der Waals surface area contributed by atoms with Crippen LogP contribution in [0.4, 0.5) is 0 Å². The Morgan fingerprint density at radius 1 is 1.09 bits per heavy atom. The molecule has 1 fully saturated rings. The molecule has 2 heterocycles. The van der Waals surface area contributed by atoms with Crippen LogP contribution in [0.25, 0.3) is 10.1 Å². The molecule has 5 nitrogen and oxygen atoms in total. The highest BCUT2D eigenvalue weighted by molar-refractivity contribution is 7.89. The standard InChI is InChI=1S/C24H26ClNO4S2/c1-24(2,3)16-4-7-18(8-5-16)32(29,30)26-12-10-15(11-13-26)21-19-14-17(25)6-9-20(19)31-22(21)23(27)28/h4-9,14-15H,10-13H2,1-3H3,(H,27,28). The molecule has 8 heteroatoms. The van der Waals surface area contributed by atoms with E-state index in [9.17, 15) is 18.3 Å². The molecule has 0 bridgehead atoms. The molecule has 4 rings (SSSR count). The molecule has 0 aliphatic carbocycles. The van der Waals surface area contributed by atoms with Gasteiger partial charge in [-0.05, 0) is 71.0 Å². The van der Waals surface area contributed by atoms with Gasteiger partial charge in [0.1, 0.15) is 4.88 Å². The average molecular weight is 492 g/mol. The first kappa shape index (κ1) is 23.2. The molecular formula is C24H26ClNO4S2. The van der Waals surface area contributed by atoms with Crippen molar-refractivity contribution >= 4 is 49.0 Å². The summed E-state index contributed by atoms with van der Waals surface area (Å²) in [6, 6.07) is 12.5. The smallest absolute Gasteiger partial charge is 0.346 e. The van der Waals surface area contributed by atoms with Gasteiger partial charge in [-0.2, -0.15) is 4.31 Å². The molecule has 0 saturated carbocycles. The molecule has 1 aromatic heterocycles. The molecule has 0 spiro atoms. The maximum Gasteiger partial charge on any atom is 0.346 e. The van der Waals surface area contributed by atoms with E-state index in [2.05, 4.69) is 20.8 Å². The molecular weight excluding hydrogens is 466 g/mol. The van der Waals surface area contributed by atoms with Crippen LogP contribution in [0.5, 0.6) is 0 Å². The predicted molar refractivity (Wildman–Crippen MR) is 130 cm³/mol. The molecule has 2 aromatic carbocycles. The summed E-state index contributed by atoms with van der Waals surface area (Å²) in [5.41, 5.74) is 1.82. The van der Waals surface area contributed by atoms with Gasteiger partial charge in [0.05, 0.1) is 4.90 Å². The number of hydrogen-bond acceptors (Lipinski definition) is 4. The van der Waals surface area contributed by atoms with E-state index < -0.39 is 16.0 Å². The van der Waals surface area contributed by atoms with E-state index in [-0.39, 0.29) is 11.3 Å². The molecule has 32 heavy (non-hydrogen) atoms. The van der Waals surface area contributed by atoms with E-state index >= 15 is 0 Å². The fraction of sp³-hybridized carbons (Fsp3) is 0.375. The summed E-state index contributed by atoms with van der Waals surface area (Å²) < 4.78 is 28.8. The zero-order valence-electron chi connectivity index (χ0n) is 18.3. The number of carboxylic acids is 1. The Kier molecular flexibility index (Phi) is 6.13. The number of fused-ring (bicyclic) bond motifs is 1. The number of carbonyl (C=O) groups is 1. The quantitative estimate of drug-likeness (QED) is 0.477. The lowest BCUT2D eigenvalue weighted by atomic mass is 9.87. The summed E-state index contributed by atoms with van der Waals surface area (Å²) in [6.45, 7) is 6.98. The Hall–Kier alpha value is -1.93. The second kappa shape index (κ2) is 8.45. The van der Waals surface area contributed by atoms with Gasteiger partial charge >= 0.3 is 5.97 Å². The van der Waals surface area contributed by atoms with Crippen molar-refractivity contribution in [1.82, 2.24) is 4.31 Å². The maximum absolute atomic E-state index is 13.2. The third kappa shape index (κ3) is 4.31. The number of aromatic carboxylic acids is 1. The molecule has 0 radical (unpaired) electrons. The van der Waals surface area contributed by atoms with Crippen molar-refractivity contribution in [2.75, 3.05) is 13.1 Å². The van der Waals surface area contributed by atoms with Crippen molar-refractivity contribution in [3.63, 3.8) is 0 Å². The van der Waals surface area contributed by atoms with Crippen LogP contribution in [0.3, 0.4) is 0 Å². The van der Waals surface area contributed by atoms with Crippen LogP contribution >= 0.6 is 22.9 Å². The molecule has 170 valence electrons. The first-order chi connectivity index (χ1) is 15.0. The van der Waals surface area contributed by atoms with E-state index in [4.69, 9.17) is 11.6 Å². The highest BCUT2D eigenvalue weighted by atomic mass is 35.5. The van der Waals surface area contributed by atoms with Crippen molar-refractivity contribution < 1.29 is 18.3 Å². The number of thiophene rings is 1. The summed E-state index contributed by atoms with van der Waals surface area (Å²) in [7, 11) is -3.59. The van der Waals surface area contributed by atoms with Gasteiger partial charge in [-0.25, -0.2) is 13.2 Å². The Bertz CT molecular complexity index is 1270. The zero-order chi connectivity index (χ0) is 23.3. The Morgan fingerprint density at radius 2 is 1.72 bits per heavy atom. The molecule has 1 aliphatic rings. The number of sulfonamides is 1. The topological polar surface area (TPSA) is 74.7 Å². The summed E-state index contributed by atoms with van der Waals surface area (Å²) in [5, 5.41) is 11.2. The van der Waals surface area contributed by atoms with Crippen molar-refractivity contribution in [3.05, 3.63) is 63.5 Å². The van der Waals surface area contributed by atoms with Crippen LogP contribution in [0, 0.1) is 0 Å². The summed E-state index contributed by atoms with van der Waals surface area (Å²) in [6.07, 6.45) is 1.13. The minimum atomic E-state index is -3.59. The highest BCUT2D eigenvalue weighted by Gasteiger charge is 2.33. The Balaban J connectivity index is 1.58. The first-order valence-electron chi connectivity index (χ1n) is 10.5. The number of carboxylic acid groups (broad SMARTS) is 1. The minimum Gasteiger partial charge on any atom is -0.477 e. The molecule has 0 amide bonds. The summed E-state index contributed by atoms with van der Waals surface area (Å²) in [4.78, 5) is 12.5. The van der Waals surface area contributed by atoms with Crippen LogP contribution < -0.4 is 0 Å². The molecule has 1 N–H and O–H groups in total. The fourth-order valence-electron chi connectivity index (χ4n) is 4.31. The largest absolute Gasteiger partial charge is 0.477 e. The van der Waals surface area contributed by atoms with Crippen molar-refractivity contribution in [2.24, 2.45) is 0 Å². The molecule has 1 saturated heterocycles. The highest BCUT2D eigenvalue weighted by Crippen LogP contribution is 2.42. The summed E-state index contributed by atoms with van der Waals surface area (Å²) in [5.74, 6) is -0.977. The summed E-state index contributed by atoms with van der Waals surface area (Å²) >= 11 is 7.43. The van der Waals surface area contributed by atoms with E-state index in [0.29, 0.717) is 40.7 Å². The SMILES string of the molecule is CC(C)(C)c1ccc(S(=O)(=O)N2CCC(c3c(C(=O)O)sc4ccc(Cl)cc34)CC2)cc1. The van der Waals surface area contributed by atoms with Gasteiger partial charge in [0.25, 0.3) is 0 Å². The number of hydrogen-bond donors (Lipinski definition) is 1.